The van der Waals surface area contributed by atoms with E-state index in [0.29, 0.717) is 12.1 Å². The standard InChI is InChI=1S/C14H19N3O2S/c1-10-4-2-7-14(12(10)9-16)20(18,19)17-13-6-3-5-11(13)8-15/h2,4,7,11,13,17H,3,5-6,8,15H2,1H3/t11-,13+/m1/s1. The van der Waals surface area contributed by atoms with Crippen LogP contribution in [0, 0.1) is 24.2 Å². The van der Waals surface area contributed by atoms with Gasteiger partial charge >= 0.3 is 0 Å². The van der Waals surface area contributed by atoms with E-state index in [2.05, 4.69) is 4.72 Å². The molecule has 0 unspecified atom stereocenters. The highest BCUT2D eigenvalue weighted by molar-refractivity contribution is 7.89. The summed E-state index contributed by atoms with van der Waals surface area (Å²) in [6, 6.07) is 6.71. The average Bonchev–Trinajstić information content (AvgIpc) is 2.84. The quantitative estimate of drug-likeness (QED) is 0.873. The van der Waals surface area contributed by atoms with Crippen molar-refractivity contribution < 1.29 is 8.42 Å². The minimum atomic E-state index is -3.68. The van der Waals surface area contributed by atoms with Crippen LogP contribution in [0.3, 0.4) is 0 Å². The Bertz CT molecular complexity index is 634. The van der Waals surface area contributed by atoms with Gasteiger partial charge in [-0.1, -0.05) is 18.6 Å². The first-order valence-electron chi connectivity index (χ1n) is 6.71. The smallest absolute Gasteiger partial charge is 0.242 e. The number of nitrogens with two attached hydrogens (primary N) is 1. The van der Waals surface area contributed by atoms with Crippen molar-refractivity contribution in [3.05, 3.63) is 29.3 Å². The minimum absolute atomic E-state index is 0.0580. The predicted octanol–water partition coefficient (Wildman–Crippen LogP) is 1.27. The predicted molar refractivity (Wildman–Crippen MR) is 76.4 cm³/mol. The van der Waals surface area contributed by atoms with E-state index in [4.69, 9.17) is 11.0 Å². The van der Waals surface area contributed by atoms with E-state index in [-0.39, 0.29) is 22.4 Å². The van der Waals surface area contributed by atoms with E-state index in [9.17, 15) is 8.42 Å². The maximum atomic E-state index is 12.5. The van der Waals surface area contributed by atoms with Crippen LogP contribution < -0.4 is 10.5 Å². The van der Waals surface area contributed by atoms with E-state index in [1.54, 1.807) is 19.1 Å². The SMILES string of the molecule is Cc1cccc(S(=O)(=O)N[C@H]2CCC[C@@H]2CN)c1C#N. The summed E-state index contributed by atoms with van der Waals surface area (Å²) in [5, 5.41) is 9.16. The summed E-state index contributed by atoms with van der Waals surface area (Å²) in [6.45, 7) is 2.21. The van der Waals surface area contributed by atoms with Crippen molar-refractivity contribution in [1.82, 2.24) is 4.72 Å². The summed E-state index contributed by atoms with van der Waals surface area (Å²) in [7, 11) is -3.68. The normalized spacial score (nSPS) is 22.6. The van der Waals surface area contributed by atoms with Gasteiger partial charge in [0.1, 0.15) is 11.0 Å². The number of nitrogens with one attached hydrogen (secondary N) is 1. The molecule has 1 aliphatic carbocycles. The van der Waals surface area contributed by atoms with Gasteiger partial charge in [0.25, 0.3) is 0 Å². The summed E-state index contributed by atoms with van der Waals surface area (Å²) < 4.78 is 27.7. The van der Waals surface area contributed by atoms with Gasteiger partial charge in [0, 0.05) is 6.04 Å². The molecule has 0 spiro atoms. The van der Waals surface area contributed by atoms with Gasteiger partial charge in [-0.25, -0.2) is 13.1 Å². The van der Waals surface area contributed by atoms with Gasteiger partial charge in [0.05, 0.1) is 5.56 Å². The van der Waals surface area contributed by atoms with Crippen LogP contribution in [0.15, 0.2) is 23.1 Å². The van der Waals surface area contributed by atoms with Crippen molar-refractivity contribution in [3.8, 4) is 6.07 Å². The highest BCUT2D eigenvalue weighted by Crippen LogP contribution is 2.27. The van der Waals surface area contributed by atoms with Crippen molar-refractivity contribution >= 4 is 10.0 Å². The molecule has 0 amide bonds. The van der Waals surface area contributed by atoms with Crippen molar-refractivity contribution in [1.29, 1.82) is 5.26 Å². The molecule has 2 atom stereocenters. The number of sulfonamides is 1. The Labute approximate surface area is 119 Å². The van der Waals surface area contributed by atoms with Gasteiger partial charge in [0.2, 0.25) is 10.0 Å². The molecular weight excluding hydrogens is 274 g/mol. The topological polar surface area (TPSA) is 96.0 Å². The van der Waals surface area contributed by atoms with E-state index in [1.165, 1.54) is 6.07 Å². The van der Waals surface area contributed by atoms with Crippen LogP contribution in [-0.4, -0.2) is 21.0 Å². The number of nitrogens with zero attached hydrogens (tertiary/aromatic N) is 1. The Hall–Kier alpha value is -1.42. The number of rotatable bonds is 4. The average molecular weight is 293 g/mol. The highest BCUT2D eigenvalue weighted by Gasteiger charge is 2.31. The molecule has 1 aromatic carbocycles. The van der Waals surface area contributed by atoms with E-state index in [0.717, 1.165) is 19.3 Å². The molecule has 5 nitrogen and oxygen atoms in total. The van der Waals surface area contributed by atoms with E-state index >= 15 is 0 Å². The molecule has 0 aromatic heterocycles. The van der Waals surface area contributed by atoms with Crippen LogP contribution in [0.2, 0.25) is 0 Å². The van der Waals surface area contributed by atoms with E-state index < -0.39 is 10.0 Å². The fourth-order valence-electron chi connectivity index (χ4n) is 2.74. The molecule has 1 fully saturated rings. The lowest BCUT2D eigenvalue weighted by Gasteiger charge is -2.20. The lowest BCUT2D eigenvalue weighted by atomic mass is 10.1. The van der Waals surface area contributed by atoms with Crippen LogP contribution in [0.4, 0.5) is 0 Å². The van der Waals surface area contributed by atoms with Crippen LogP contribution in [-0.2, 0) is 10.0 Å². The first kappa shape index (κ1) is 15.0. The largest absolute Gasteiger partial charge is 0.330 e. The van der Waals surface area contributed by atoms with Crippen molar-refractivity contribution in [2.75, 3.05) is 6.54 Å². The summed E-state index contributed by atoms with van der Waals surface area (Å²) in [5.74, 6) is 0.181. The molecule has 0 bridgehead atoms. The molecular formula is C14H19N3O2S. The number of aryl methyl sites for hydroxylation is 1. The molecule has 6 heteroatoms. The molecule has 0 radical (unpaired) electrons. The summed E-state index contributed by atoms with van der Waals surface area (Å²) in [5.41, 5.74) is 6.55. The number of benzene rings is 1. The molecule has 1 saturated carbocycles. The number of hydrogen-bond acceptors (Lipinski definition) is 4. The maximum Gasteiger partial charge on any atom is 0.242 e. The van der Waals surface area contributed by atoms with Crippen LogP contribution >= 0.6 is 0 Å². The lowest BCUT2D eigenvalue weighted by molar-refractivity contribution is 0.453. The van der Waals surface area contributed by atoms with Gasteiger partial charge in [-0.15, -0.1) is 0 Å². The number of hydrogen-bond donors (Lipinski definition) is 2. The molecule has 20 heavy (non-hydrogen) atoms. The maximum absolute atomic E-state index is 12.5. The lowest BCUT2D eigenvalue weighted by Crippen LogP contribution is -2.40. The summed E-state index contributed by atoms with van der Waals surface area (Å²) in [6.07, 6.45) is 2.73. The van der Waals surface area contributed by atoms with Gasteiger partial charge in [0.15, 0.2) is 0 Å². The van der Waals surface area contributed by atoms with Crippen molar-refractivity contribution in [2.24, 2.45) is 11.7 Å². The molecule has 1 aromatic rings. The van der Waals surface area contributed by atoms with Crippen LogP contribution in [0.25, 0.3) is 0 Å². The minimum Gasteiger partial charge on any atom is -0.330 e. The second-order valence-corrected chi connectivity index (χ2v) is 6.90. The molecule has 0 saturated heterocycles. The zero-order valence-corrected chi connectivity index (χ0v) is 12.3. The molecule has 108 valence electrons. The molecule has 0 heterocycles. The first-order chi connectivity index (χ1) is 9.49. The Morgan fingerprint density at radius 1 is 1.45 bits per heavy atom. The zero-order valence-electron chi connectivity index (χ0n) is 11.5. The van der Waals surface area contributed by atoms with Crippen LogP contribution in [0.5, 0.6) is 0 Å². The zero-order chi connectivity index (χ0) is 14.8. The first-order valence-corrected chi connectivity index (χ1v) is 8.20. The second kappa shape index (κ2) is 5.92. The molecule has 0 aliphatic heterocycles. The summed E-state index contributed by atoms with van der Waals surface area (Å²) in [4.78, 5) is 0.0580. The third-order valence-electron chi connectivity index (χ3n) is 3.90. The van der Waals surface area contributed by atoms with Gasteiger partial charge in [-0.05, 0) is 43.9 Å². The fourth-order valence-corrected chi connectivity index (χ4v) is 4.31. The Balaban J connectivity index is 2.32. The summed E-state index contributed by atoms with van der Waals surface area (Å²) >= 11 is 0. The number of nitriles is 1. The fraction of sp³-hybridized carbons (Fsp3) is 0.500. The van der Waals surface area contributed by atoms with Gasteiger partial charge < -0.3 is 5.73 Å². The monoisotopic (exact) mass is 293 g/mol. The highest BCUT2D eigenvalue weighted by atomic mass is 32.2. The third kappa shape index (κ3) is 2.85. The van der Waals surface area contributed by atoms with Crippen molar-refractivity contribution in [3.63, 3.8) is 0 Å². The van der Waals surface area contributed by atoms with Gasteiger partial charge in [-0.2, -0.15) is 5.26 Å². The molecule has 2 rings (SSSR count). The molecule has 1 aliphatic rings. The van der Waals surface area contributed by atoms with E-state index in [1.807, 2.05) is 6.07 Å². The Morgan fingerprint density at radius 2 is 2.20 bits per heavy atom. The third-order valence-corrected chi connectivity index (χ3v) is 5.44. The van der Waals surface area contributed by atoms with Crippen molar-refractivity contribution in [2.45, 2.75) is 37.1 Å². The molecule has 3 N–H and O–H groups in total. The van der Waals surface area contributed by atoms with Gasteiger partial charge in [-0.3, -0.25) is 0 Å². The second-order valence-electron chi connectivity index (χ2n) is 5.21. The Morgan fingerprint density at radius 3 is 2.85 bits per heavy atom. The Kier molecular flexibility index (Phi) is 4.43. The van der Waals surface area contributed by atoms with Crippen LogP contribution in [0.1, 0.15) is 30.4 Å².